The van der Waals surface area contributed by atoms with E-state index in [4.69, 9.17) is 18.9 Å². The van der Waals surface area contributed by atoms with Crippen molar-refractivity contribution in [2.45, 2.75) is 194 Å². The minimum atomic E-state index is -0.273. The SMILES string of the molecule is COc1cc(/C=C2\CC[C@@H]3CC(C)=C[C@@H](c4ccc(F)cc4)N3C2=O)ccc1-n1cnc(C)c1.COc1cc(/C=C2\CC[C@@H]3C[C@H](C)C[C@@H](c4ccc(F)cc4)N3C2=O)ccc1-n1cnc(C)c1.COc1cc(/C=C2\CC[C@H]3CC(C)=C[C@H](c4ccc(F)cc4)N3C2=O)ccc1-n1cnc(C)c1.COc1cc(/C=C2\CC[C@H]3C[C@@H](C)C[C@H](c4ccc(F)cc4)N3C2=O)ccc1-n1cnc(C)c1. The van der Waals surface area contributed by atoms with Gasteiger partial charge in [0.2, 0.25) is 0 Å². The van der Waals surface area contributed by atoms with Crippen LogP contribution < -0.4 is 18.9 Å². The van der Waals surface area contributed by atoms with Crippen LogP contribution in [0.2, 0.25) is 0 Å². The molecule has 136 heavy (non-hydrogen) atoms. The molecule has 0 saturated carbocycles. The average Bonchev–Trinajstić information content (AvgIpc) is 0.903. The van der Waals surface area contributed by atoms with Crippen LogP contribution in [0.1, 0.15) is 209 Å². The second-order valence-electron chi connectivity index (χ2n) is 37.4. The van der Waals surface area contributed by atoms with Crippen LogP contribution in [-0.4, -0.2) is 134 Å². The molecule has 10 atom stereocenters. The fourth-order valence-corrected chi connectivity index (χ4v) is 21.0. The summed E-state index contributed by atoms with van der Waals surface area (Å²) in [7, 11) is 6.59. The van der Waals surface area contributed by atoms with Gasteiger partial charge in [-0.3, -0.25) is 19.2 Å². The molecule has 8 aliphatic rings. The molecule has 0 radical (unpaired) electrons. The standard InChI is InChI=1S/2C28H30FN3O2.2C28H28FN3O2/c4*1-18-12-24-10-7-22(28(33)32(24)26(13-18)21-5-8-23(29)9-6-21)14-20-4-11-25(27(15-20)34-3)31-16-19(2)30-17-31/h2*4-6,8-9,11,14-18,24,26H,7,10,12-13H2,1-3H3;2*4-6,8-9,11,13-17,24,26H,7,10,12H2,1-3H3/b4*22-14+/t2*18-,24+,26-;2*24-,26+/m1010/s1. The third kappa shape index (κ3) is 20.7. The number of imidazole rings is 4. The maximum absolute atomic E-state index is 13.7. The molecule has 20 rings (SSSR count). The number of fused-ring (bicyclic) bond motifs is 4. The Balaban J connectivity index is 0.000000126. The van der Waals surface area contributed by atoms with Gasteiger partial charge in [-0.1, -0.05) is 110 Å². The van der Waals surface area contributed by atoms with Crippen LogP contribution in [-0.2, 0) is 19.2 Å². The lowest BCUT2D eigenvalue weighted by Crippen LogP contribution is -2.50. The first kappa shape index (κ1) is 93.6. The van der Waals surface area contributed by atoms with Gasteiger partial charge >= 0.3 is 0 Å². The number of ether oxygens (including phenoxy) is 4. The van der Waals surface area contributed by atoms with E-state index < -0.39 is 0 Å². The molecule has 0 N–H and O–H groups in total. The predicted octanol–water partition coefficient (Wildman–Crippen LogP) is 23.3. The number of hydrogen-bond donors (Lipinski definition) is 0. The molecule has 8 aliphatic heterocycles. The molecule has 6 saturated heterocycles. The smallest absolute Gasteiger partial charge is 0.250 e. The molecule has 8 aromatic carbocycles. The third-order valence-corrected chi connectivity index (χ3v) is 27.5. The molecule has 6 fully saturated rings. The number of rotatable bonds is 16. The van der Waals surface area contributed by atoms with Crippen molar-refractivity contribution in [3.05, 3.63) is 356 Å². The zero-order valence-electron chi connectivity index (χ0n) is 79.1. The molecule has 4 amide bonds. The van der Waals surface area contributed by atoms with E-state index in [1.807, 2.05) is 202 Å². The number of hydrogen-bond acceptors (Lipinski definition) is 12. The number of aromatic nitrogens is 8. The second-order valence-corrected chi connectivity index (χ2v) is 37.4. The first-order chi connectivity index (χ1) is 65.7. The largest absolute Gasteiger partial charge is 0.495 e. The Kier molecular flexibility index (Phi) is 28.2. The fraction of sp³-hybridized carbons (Fsp3) is 0.321. The molecule has 24 heteroatoms. The number of benzene rings is 8. The summed E-state index contributed by atoms with van der Waals surface area (Å²) < 4.78 is 84.4. The van der Waals surface area contributed by atoms with E-state index in [0.717, 1.165) is 214 Å². The number of carbonyl (C=O) groups excluding carboxylic acids is 4. The highest BCUT2D eigenvalue weighted by molar-refractivity contribution is 6.02. The number of halogens is 4. The van der Waals surface area contributed by atoms with E-state index in [-0.39, 0.29) is 95.2 Å². The lowest BCUT2D eigenvalue weighted by atomic mass is 9.79. The predicted molar refractivity (Wildman–Crippen MR) is 521 cm³/mol. The maximum Gasteiger partial charge on any atom is 0.250 e. The second kappa shape index (κ2) is 41.0. The molecule has 0 unspecified atom stereocenters. The number of nitrogens with zero attached hydrogens (tertiary/aromatic N) is 12. The summed E-state index contributed by atoms with van der Waals surface area (Å²) >= 11 is 0. The van der Waals surface area contributed by atoms with Gasteiger partial charge in [0.25, 0.3) is 23.6 Å². The van der Waals surface area contributed by atoms with Gasteiger partial charge in [0.15, 0.2) is 0 Å². The first-order valence-corrected chi connectivity index (χ1v) is 47.0. The first-order valence-electron chi connectivity index (χ1n) is 47.0. The van der Waals surface area contributed by atoms with E-state index in [2.05, 4.69) is 69.6 Å². The van der Waals surface area contributed by atoms with Crippen molar-refractivity contribution < 1.29 is 55.7 Å². The normalized spacial score (nSPS) is 22.6. The molecule has 4 aromatic heterocycles. The van der Waals surface area contributed by atoms with E-state index in [0.29, 0.717) is 23.3 Å². The zero-order chi connectivity index (χ0) is 95.3. The van der Waals surface area contributed by atoms with Crippen LogP contribution in [0.3, 0.4) is 0 Å². The molecule has 0 bridgehead atoms. The number of piperidine rings is 6. The average molecular weight is 1830 g/mol. The maximum atomic E-state index is 13.7. The summed E-state index contributed by atoms with van der Waals surface area (Å²) in [6.07, 6.45) is 39.3. The molecule has 700 valence electrons. The summed E-state index contributed by atoms with van der Waals surface area (Å²) in [5, 5.41) is 0. The Labute approximate surface area is 792 Å². The van der Waals surface area contributed by atoms with E-state index in [1.54, 1.807) is 78.0 Å². The minimum Gasteiger partial charge on any atom is -0.495 e. The van der Waals surface area contributed by atoms with Gasteiger partial charge in [0, 0.05) is 71.2 Å². The van der Waals surface area contributed by atoms with Gasteiger partial charge in [0.05, 0.1) is 123 Å². The highest BCUT2D eigenvalue weighted by Gasteiger charge is 2.45. The van der Waals surface area contributed by atoms with E-state index in [9.17, 15) is 36.7 Å². The number of aryl methyl sites for hydroxylation is 4. The Morgan fingerprint density at radius 1 is 0.316 bits per heavy atom. The lowest BCUT2D eigenvalue weighted by Gasteiger charge is -2.48. The highest BCUT2D eigenvalue weighted by Crippen LogP contribution is 2.48. The highest BCUT2D eigenvalue weighted by atomic mass is 19.1. The summed E-state index contributed by atoms with van der Waals surface area (Å²) in [4.78, 5) is 80.0. The topological polar surface area (TPSA) is 189 Å². The van der Waals surface area contributed by atoms with Crippen LogP contribution in [0.25, 0.3) is 47.1 Å². The molecule has 20 nitrogen and oxygen atoms in total. The van der Waals surface area contributed by atoms with Crippen molar-refractivity contribution in [3.8, 4) is 45.7 Å². The monoisotopic (exact) mass is 1830 g/mol. The molecule has 12 heterocycles. The van der Waals surface area contributed by atoms with Gasteiger partial charge in [0.1, 0.15) is 46.3 Å². The fourth-order valence-electron chi connectivity index (χ4n) is 21.0. The van der Waals surface area contributed by atoms with Crippen molar-refractivity contribution in [1.82, 2.24) is 57.8 Å². The van der Waals surface area contributed by atoms with Gasteiger partial charge in [-0.2, -0.15) is 0 Å². The molecule has 12 aromatic rings. The van der Waals surface area contributed by atoms with Crippen LogP contribution >= 0.6 is 0 Å². The van der Waals surface area contributed by atoms with Crippen molar-refractivity contribution in [2.24, 2.45) is 11.8 Å². The number of methoxy groups -OCH3 is 4. The Morgan fingerprint density at radius 3 is 0.816 bits per heavy atom. The Morgan fingerprint density at radius 2 is 0.566 bits per heavy atom. The van der Waals surface area contributed by atoms with Crippen molar-refractivity contribution in [3.63, 3.8) is 0 Å². The van der Waals surface area contributed by atoms with Gasteiger partial charge in [-0.25, -0.2) is 37.5 Å². The van der Waals surface area contributed by atoms with Crippen molar-refractivity contribution >= 4 is 47.9 Å². The van der Waals surface area contributed by atoms with E-state index in [1.165, 1.54) is 59.7 Å². The lowest BCUT2D eigenvalue weighted by molar-refractivity contribution is -0.138. The summed E-state index contributed by atoms with van der Waals surface area (Å²) in [5.41, 5.74) is 20.6. The van der Waals surface area contributed by atoms with E-state index >= 15 is 0 Å². The van der Waals surface area contributed by atoms with Crippen LogP contribution in [0.4, 0.5) is 17.6 Å². The van der Waals surface area contributed by atoms with Crippen molar-refractivity contribution in [2.75, 3.05) is 28.4 Å². The molecule has 0 aliphatic carbocycles. The Bertz CT molecular complexity index is 6220. The Hall–Kier alpha value is -14.2. The molecular formula is C112H116F4N12O8. The third-order valence-electron chi connectivity index (χ3n) is 27.5. The minimum absolute atomic E-state index is 0.0213. The summed E-state index contributed by atoms with van der Waals surface area (Å²) in [6, 6.07) is 50.4. The number of carbonyl (C=O) groups is 4. The van der Waals surface area contributed by atoms with Gasteiger partial charge < -0.3 is 56.8 Å². The zero-order valence-corrected chi connectivity index (χ0v) is 79.1. The summed E-state index contributed by atoms with van der Waals surface area (Å²) in [6.45, 7) is 16.5. The molecular weight excluding hydrogens is 1720 g/mol. The van der Waals surface area contributed by atoms with Gasteiger partial charge in [-0.15, -0.1) is 0 Å². The van der Waals surface area contributed by atoms with Crippen LogP contribution in [0, 0.1) is 62.8 Å². The van der Waals surface area contributed by atoms with Crippen LogP contribution in [0.15, 0.2) is 266 Å². The van der Waals surface area contributed by atoms with Crippen molar-refractivity contribution in [1.29, 1.82) is 0 Å². The summed E-state index contributed by atoms with van der Waals surface area (Å²) in [5.74, 6) is 3.15. The quantitative estimate of drug-likeness (QED) is 0.0506. The van der Waals surface area contributed by atoms with Crippen LogP contribution in [0.5, 0.6) is 23.0 Å². The number of amides is 4. The molecule has 0 spiro atoms. The van der Waals surface area contributed by atoms with Gasteiger partial charge in [-0.05, 0) is 309 Å².